The summed E-state index contributed by atoms with van der Waals surface area (Å²) in [5, 5.41) is 11.5. The van der Waals surface area contributed by atoms with Crippen molar-refractivity contribution < 1.29 is 4.74 Å². The molecule has 0 spiro atoms. The van der Waals surface area contributed by atoms with Crippen molar-refractivity contribution in [2.45, 2.75) is 39.4 Å². The summed E-state index contributed by atoms with van der Waals surface area (Å²) in [6.45, 7) is 5.87. The van der Waals surface area contributed by atoms with Crippen molar-refractivity contribution in [2.24, 2.45) is 0 Å². The van der Waals surface area contributed by atoms with Crippen LogP contribution in [0.2, 0.25) is 0 Å². The van der Waals surface area contributed by atoms with E-state index in [1.165, 1.54) is 5.56 Å². The first-order valence-electron chi connectivity index (χ1n) is 6.96. The van der Waals surface area contributed by atoms with Gasteiger partial charge in [-0.1, -0.05) is 18.2 Å². The number of aromatic nitrogens is 3. The summed E-state index contributed by atoms with van der Waals surface area (Å²) in [5.41, 5.74) is 1.21. The van der Waals surface area contributed by atoms with E-state index in [9.17, 15) is 0 Å². The molecule has 0 aliphatic rings. The number of aryl methyl sites for hydroxylation is 1. The van der Waals surface area contributed by atoms with Gasteiger partial charge in [-0.15, -0.1) is 10.2 Å². The van der Waals surface area contributed by atoms with Crippen LogP contribution in [0, 0.1) is 0 Å². The van der Waals surface area contributed by atoms with Gasteiger partial charge >= 0.3 is 0 Å². The minimum Gasteiger partial charge on any atom is -0.496 e. The number of nitrogens with one attached hydrogen (secondary N) is 1. The highest BCUT2D eigenvalue weighted by Gasteiger charge is 2.09. The second-order valence-electron chi connectivity index (χ2n) is 4.83. The lowest BCUT2D eigenvalue weighted by molar-refractivity contribution is 0.405. The molecule has 1 aromatic carbocycles. The average Bonchev–Trinajstić information content (AvgIpc) is 2.93. The summed E-state index contributed by atoms with van der Waals surface area (Å²) >= 11 is 0. The molecular weight excluding hydrogens is 252 g/mol. The molecule has 0 aliphatic heterocycles. The van der Waals surface area contributed by atoms with E-state index in [0.717, 1.165) is 31.1 Å². The smallest absolute Gasteiger partial charge is 0.146 e. The number of methoxy groups -OCH3 is 1. The molecule has 1 unspecified atom stereocenters. The molecule has 0 fully saturated rings. The fourth-order valence-corrected chi connectivity index (χ4v) is 2.22. The third-order valence-electron chi connectivity index (χ3n) is 3.36. The number of rotatable bonds is 7. The highest BCUT2D eigenvalue weighted by atomic mass is 16.5. The van der Waals surface area contributed by atoms with E-state index in [1.807, 2.05) is 22.8 Å². The molecular formula is C15H22N4O. The second kappa shape index (κ2) is 7.05. The van der Waals surface area contributed by atoms with E-state index in [0.29, 0.717) is 6.04 Å². The Balaban J connectivity index is 1.91. The predicted octanol–water partition coefficient (Wildman–Crippen LogP) is 2.03. The molecule has 1 atom stereocenters. The molecule has 0 bridgehead atoms. The van der Waals surface area contributed by atoms with Crippen molar-refractivity contribution in [3.8, 4) is 5.75 Å². The molecule has 0 amide bonds. The number of ether oxygens (including phenoxy) is 1. The van der Waals surface area contributed by atoms with E-state index < -0.39 is 0 Å². The predicted molar refractivity (Wildman–Crippen MR) is 78.7 cm³/mol. The summed E-state index contributed by atoms with van der Waals surface area (Å²) in [7, 11) is 1.71. The summed E-state index contributed by atoms with van der Waals surface area (Å²) in [6.07, 6.45) is 2.69. The van der Waals surface area contributed by atoms with Crippen LogP contribution >= 0.6 is 0 Å². The zero-order valence-corrected chi connectivity index (χ0v) is 12.3. The van der Waals surface area contributed by atoms with Gasteiger partial charge in [0.1, 0.15) is 17.9 Å². The summed E-state index contributed by atoms with van der Waals surface area (Å²) in [5.74, 6) is 1.91. The zero-order chi connectivity index (χ0) is 14.4. The van der Waals surface area contributed by atoms with Gasteiger partial charge in [0.15, 0.2) is 0 Å². The minimum absolute atomic E-state index is 0.341. The molecule has 0 aliphatic carbocycles. The molecule has 1 heterocycles. The van der Waals surface area contributed by atoms with Gasteiger partial charge < -0.3 is 14.6 Å². The topological polar surface area (TPSA) is 52.0 Å². The van der Waals surface area contributed by atoms with Crippen molar-refractivity contribution in [3.63, 3.8) is 0 Å². The first-order chi connectivity index (χ1) is 9.74. The first kappa shape index (κ1) is 14.5. The van der Waals surface area contributed by atoms with E-state index in [-0.39, 0.29) is 0 Å². The van der Waals surface area contributed by atoms with Crippen molar-refractivity contribution >= 4 is 0 Å². The largest absolute Gasteiger partial charge is 0.496 e. The van der Waals surface area contributed by atoms with Crippen LogP contribution in [0.15, 0.2) is 30.6 Å². The zero-order valence-electron chi connectivity index (χ0n) is 12.3. The monoisotopic (exact) mass is 274 g/mol. The molecule has 5 heteroatoms. The second-order valence-corrected chi connectivity index (χ2v) is 4.83. The normalized spacial score (nSPS) is 12.3. The van der Waals surface area contributed by atoms with Crippen LogP contribution in [-0.4, -0.2) is 27.9 Å². The average molecular weight is 274 g/mol. The van der Waals surface area contributed by atoms with Crippen LogP contribution in [0.1, 0.15) is 25.2 Å². The first-order valence-corrected chi connectivity index (χ1v) is 6.96. The Hall–Kier alpha value is -1.88. The molecule has 20 heavy (non-hydrogen) atoms. The third kappa shape index (κ3) is 3.57. The van der Waals surface area contributed by atoms with Crippen LogP contribution in [-0.2, 0) is 19.5 Å². The van der Waals surface area contributed by atoms with Gasteiger partial charge in [-0.25, -0.2) is 0 Å². The maximum absolute atomic E-state index is 5.38. The lowest BCUT2D eigenvalue weighted by Gasteiger charge is -2.15. The van der Waals surface area contributed by atoms with Crippen LogP contribution in [0.3, 0.4) is 0 Å². The molecule has 0 saturated heterocycles. The van der Waals surface area contributed by atoms with Gasteiger partial charge in [0.2, 0.25) is 0 Å². The van der Waals surface area contributed by atoms with Crippen molar-refractivity contribution in [1.29, 1.82) is 0 Å². The molecule has 1 aromatic heterocycles. The fourth-order valence-electron chi connectivity index (χ4n) is 2.22. The maximum atomic E-state index is 5.38. The summed E-state index contributed by atoms with van der Waals surface area (Å²) in [4.78, 5) is 0. The highest BCUT2D eigenvalue weighted by molar-refractivity contribution is 5.33. The minimum atomic E-state index is 0.341. The molecule has 1 N–H and O–H groups in total. The maximum Gasteiger partial charge on any atom is 0.146 e. The van der Waals surface area contributed by atoms with Crippen molar-refractivity contribution in [2.75, 3.05) is 7.11 Å². The van der Waals surface area contributed by atoms with Gasteiger partial charge in [0, 0.05) is 12.6 Å². The van der Waals surface area contributed by atoms with Gasteiger partial charge in [0.25, 0.3) is 0 Å². The Bertz CT molecular complexity index is 538. The van der Waals surface area contributed by atoms with E-state index in [1.54, 1.807) is 13.4 Å². The van der Waals surface area contributed by atoms with Crippen LogP contribution in [0.5, 0.6) is 5.75 Å². The Morgan fingerprint density at radius 2 is 2.15 bits per heavy atom. The van der Waals surface area contributed by atoms with Gasteiger partial charge in [0.05, 0.1) is 13.7 Å². The lowest BCUT2D eigenvalue weighted by atomic mass is 10.1. The summed E-state index contributed by atoms with van der Waals surface area (Å²) < 4.78 is 7.42. The SMILES string of the molecule is CCn1cnnc1CNC(C)Cc1ccccc1OC. The Morgan fingerprint density at radius 3 is 2.90 bits per heavy atom. The lowest BCUT2D eigenvalue weighted by Crippen LogP contribution is -2.29. The Morgan fingerprint density at radius 1 is 1.35 bits per heavy atom. The van der Waals surface area contributed by atoms with Gasteiger partial charge in [-0.3, -0.25) is 0 Å². The molecule has 2 rings (SSSR count). The highest BCUT2D eigenvalue weighted by Crippen LogP contribution is 2.18. The van der Waals surface area contributed by atoms with Gasteiger partial charge in [-0.2, -0.15) is 0 Å². The number of para-hydroxylation sites is 1. The molecule has 0 radical (unpaired) electrons. The van der Waals surface area contributed by atoms with Crippen molar-refractivity contribution in [1.82, 2.24) is 20.1 Å². The van der Waals surface area contributed by atoms with E-state index >= 15 is 0 Å². The number of hydrogen-bond donors (Lipinski definition) is 1. The van der Waals surface area contributed by atoms with Crippen LogP contribution in [0.4, 0.5) is 0 Å². The van der Waals surface area contributed by atoms with E-state index in [4.69, 9.17) is 4.74 Å². The number of hydrogen-bond acceptors (Lipinski definition) is 4. The van der Waals surface area contributed by atoms with Gasteiger partial charge in [-0.05, 0) is 31.9 Å². The van der Waals surface area contributed by atoms with Crippen molar-refractivity contribution in [3.05, 3.63) is 42.0 Å². The van der Waals surface area contributed by atoms with Crippen LogP contribution < -0.4 is 10.1 Å². The Labute approximate surface area is 120 Å². The van der Waals surface area contributed by atoms with Crippen LogP contribution in [0.25, 0.3) is 0 Å². The molecule has 0 saturated carbocycles. The standard InChI is InChI=1S/C15H22N4O/c1-4-19-11-17-18-15(19)10-16-12(2)9-13-7-5-6-8-14(13)20-3/h5-8,11-12,16H,4,9-10H2,1-3H3. The summed E-state index contributed by atoms with van der Waals surface area (Å²) in [6, 6.07) is 8.47. The molecule has 108 valence electrons. The number of nitrogens with zero attached hydrogens (tertiary/aromatic N) is 3. The quantitative estimate of drug-likeness (QED) is 0.839. The van der Waals surface area contributed by atoms with E-state index in [2.05, 4.69) is 35.4 Å². The fraction of sp³-hybridized carbons (Fsp3) is 0.467. The molecule has 2 aromatic rings. The molecule has 5 nitrogen and oxygen atoms in total. The third-order valence-corrected chi connectivity index (χ3v) is 3.36. The number of benzene rings is 1. The Kier molecular flexibility index (Phi) is 5.12.